The molecule has 1 aromatic rings. The molecule has 3 N–H and O–H groups in total. The highest BCUT2D eigenvalue weighted by Gasteiger charge is 2.53. The highest BCUT2D eigenvalue weighted by atomic mass is 32.2. The average molecular weight is 573 g/mol. The van der Waals surface area contributed by atoms with E-state index in [4.69, 9.17) is 15.0 Å². The van der Waals surface area contributed by atoms with Crippen LogP contribution in [0.2, 0.25) is 0 Å². The number of nitrogens with one attached hydrogen (secondary N) is 1. The minimum atomic E-state index is -0.924. The molecular weight excluding hydrogens is 536 g/mol. The molecule has 2 bridgehead atoms. The van der Waals surface area contributed by atoms with Crippen LogP contribution < -0.4 is 11.2 Å². The Hall–Kier alpha value is -2.89. The van der Waals surface area contributed by atoms with Crippen molar-refractivity contribution in [1.29, 1.82) is 5.26 Å². The third-order valence-corrected chi connectivity index (χ3v) is 8.66. The lowest BCUT2D eigenvalue weighted by atomic mass is 10.1. The van der Waals surface area contributed by atoms with Crippen molar-refractivity contribution in [3.63, 3.8) is 0 Å². The van der Waals surface area contributed by atoms with E-state index in [9.17, 15) is 19.6 Å². The number of fused-ring (bicyclic) bond motifs is 3. The molecule has 13 heteroatoms. The lowest BCUT2D eigenvalue weighted by Gasteiger charge is -2.39. The van der Waals surface area contributed by atoms with Crippen LogP contribution in [0.25, 0.3) is 0 Å². The number of hydrogen-bond acceptors (Lipinski definition) is 10. The van der Waals surface area contributed by atoms with E-state index < -0.39 is 23.8 Å². The number of rotatable bonds is 8. The van der Waals surface area contributed by atoms with Crippen molar-refractivity contribution in [3.05, 3.63) is 29.3 Å². The minimum Gasteiger partial charge on any atom is -0.444 e. The molecule has 0 spiro atoms. The van der Waals surface area contributed by atoms with Gasteiger partial charge in [-0.1, -0.05) is 6.07 Å². The normalized spacial score (nSPS) is 26.6. The number of amides is 3. The van der Waals surface area contributed by atoms with Gasteiger partial charge in [0, 0.05) is 30.6 Å². The molecule has 216 valence electrons. The molecule has 3 saturated heterocycles. The summed E-state index contributed by atoms with van der Waals surface area (Å²) in [5, 5.41) is 12.3. The fraction of sp³-hybridized carbons (Fsp3) is 0.630. The molecule has 0 unspecified atom stereocenters. The Labute approximate surface area is 238 Å². The van der Waals surface area contributed by atoms with Gasteiger partial charge in [-0.05, 0) is 76.1 Å². The second kappa shape index (κ2) is 11.5. The van der Waals surface area contributed by atoms with Gasteiger partial charge in [-0.3, -0.25) is 14.5 Å². The lowest BCUT2D eigenvalue weighted by molar-refractivity contribution is -0.195. The SMILES string of the molecule is CC(C)(C)OC(=O)N[C@@H](CN1C[C@H]2C[C@@H]1C(=O)N2[C@@H]1CCc2cc(SOON)ccc21)C(=O)N1CCC[C@H]1C#N. The number of carbonyl (C=O) groups excluding carboxylic acids is 3. The molecule has 0 radical (unpaired) electrons. The van der Waals surface area contributed by atoms with Crippen molar-refractivity contribution < 1.29 is 28.4 Å². The van der Waals surface area contributed by atoms with Crippen molar-refractivity contribution in [1.82, 2.24) is 20.0 Å². The Kier molecular flexibility index (Phi) is 8.26. The second-order valence-electron chi connectivity index (χ2n) is 11.8. The topological polar surface area (TPSA) is 150 Å². The number of nitriles is 1. The van der Waals surface area contributed by atoms with E-state index in [0.29, 0.717) is 25.9 Å². The van der Waals surface area contributed by atoms with Crippen molar-refractivity contribution in [2.75, 3.05) is 19.6 Å². The summed E-state index contributed by atoms with van der Waals surface area (Å²) in [5.41, 5.74) is 1.58. The zero-order chi connectivity index (χ0) is 28.6. The fourth-order valence-electron chi connectivity index (χ4n) is 6.51. The van der Waals surface area contributed by atoms with Gasteiger partial charge in [-0.25, -0.2) is 4.79 Å². The van der Waals surface area contributed by atoms with Crippen LogP contribution >= 0.6 is 12.0 Å². The van der Waals surface area contributed by atoms with Crippen LogP contribution in [-0.4, -0.2) is 82.0 Å². The van der Waals surface area contributed by atoms with Crippen LogP contribution in [0.1, 0.15) is 63.6 Å². The monoisotopic (exact) mass is 572 g/mol. The maximum absolute atomic E-state index is 13.7. The van der Waals surface area contributed by atoms with E-state index in [-0.39, 0.29) is 36.5 Å². The van der Waals surface area contributed by atoms with E-state index in [0.717, 1.165) is 41.8 Å². The Bertz CT molecular complexity index is 1200. The van der Waals surface area contributed by atoms with Crippen LogP contribution in [0, 0.1) is 11.3 Å². The highest BCUT2D eigenvalue weighted by Crippen LogP contribution is 2.44. The lowest BCUT2D eigenvalue weighted by Crippen LogP contribution is -2.59. The van der Waals surface area contributed by atoms with E-state index in [2.05, 4.69) is 16.4 Å². The molecule has 3 heterocycles. The van der Waals surface area contributed by atoms with Crippen LogP contribution in [0.5, 0.6) is 0 Å². The zero-order valence-corrected chi connectivity index (χ0v) is 23.8. The molecule has 1 aromatic carbocycles. The molecule has 3 amide bonds. The molecule has 12 nitrogen and oxygen atoms in total. The maximum atomic E-state index is 13.7. The summed E-state index contributed by atoms with van der Waals surface area (Å²) in [4.78, 5) is 50.5. The fourth-order valence-corrected chi connectivity index (χ4v) is 6.94. The summed E-state index contributed by atoms with van der Waals surface area (Å²) in [6.07, 6.45) is 3.03. The van der Waals surface area contributed by atoms with Gasteiger partial charge in [0.2, 0.25) is 11.8 Å². The minimum absolute atomic E-state index is 0.00341. The van der Waals surface area contributed by atoms with Gasteiger partial charge in [-0.15, -0.1) is 9.32 Å². The molecular formula is C27H36N6O6S. The third-order valence-electron chi connectivity index (χ3n) is 8.07. The molecule has 0 aromatic heterocycles. The molecule has 1 aliphatic carbocycles. The Morgan fingerprint density at radius 2 is 2.08 bits per heavy atom. The molecule has 5 atom stereocenters. The predicted octanol–water partition coefficient (Wildman–Crippen LogP) is 2.20. The van der Waals surface area contributed by atoms with Gasteiger partial charge in [0.15, 0.2) is 0 Å². The second-order valence-corrected chi connectivity index (χ2v) is 12.6. The number of nitrogens with zero attached hydrogens (tertiary/aromatic N) is 4. The maximum Gasteiger partial charge on any atom is 0.408 e. The van der Waals surface area contributed by atoms with Crippen LogP contribution in [0.15, 0.2) is 23.1 Å². The average Bonchev–Trinajstić information content (AvgIpc) is 3.68. The Morgan fingerprint density at radius 1 is 1.27 bits per heavy atom. The first-order chi connectivity index (χ1) is 19.1. The third kappa shape index (κ3) is 5.77. The van der Waals surface area contributed by atoms with Crippen molar-refractivity contribution >= 4 is 30.0 Å². The van der Waals surface area contributed by atoms with Crippen LogP contribution in [0.4, 0.5) is 4.79 Å². The van der Waals surface area contributed by atoms with Gasteiger partial charge < -0.3 is 19.9 Å². The smallest absolute Gasteiger partial charge is 0.408 e. The molecule has 0 saturated carbocycles. The first-order valence-electron chi connectivity index (χ1n) is 13.7. The number of alkyl carbamates (subject to hydrolysis) is 1. The number of ether oxygens (including phenoxy) is 1. The van der Waals surface area contributed by atoms with E-state index in [1.54, 1.807) is 20.8 Å². The highest BCUT2D eigenvalue weighted by molar-refractivity contribution is 7.94. The van der Waals surface area contributed by atoms with Gasteiger partial charge in [0.1, 0.15) is 17.7 Å². The summed E-state index contributed by atoms with van der Waals surface area (Å²) in [7, 11) is 0. The molecule has 3 aliphatic heterocycles. The summed E-state index contributed by atoms with van der Waals surface area (Å²) < 4.78 is 10.2. The summed E-state index contributed by atoms with van der Waals surface area (Å²) in [5.74, 6) is 4.67. The van der Waals surface area contributed by atoms with Crippen molar-refractivity contribution in [3.8, 4) is 6.07 Å². The molecule has 5 rings (SSSR count). The first kappa shape index (κ1) is 28.6. The van der Waals surface area contributed by atoms with E-state index in [1.807, 2.05) is 28.0 Å². The van der Waals surface area contributed by atoms with E-state index >= 15 is 0 Å². The first-order valence-corrected chi connectivity index (χ1v) is 14.4. The summed E-state index contributed by atoms with van der Waals surface area (Å²) in [6.45, 7) is 6.52. The Balaban J connectivity index is 1.28. The molecule has 4 aliphatic rings. The predicted molar refractivity (Wildman–Crippen MR) is 144 cm³/mol. The number of hydrogen-bond donors (Lipinski definition) is 2. The number of carbonyl (C=O) groups is 3. The number of piperazine rings is 1. The summed E-state index contributed by atoms with van der Waals surface area (Å²) in [6, 6.07) is 6.42. The van der Waals surface area contributed by atoms with Gasteiger partial charge >= 0.3 is 6.09 Å². The summed E-state index contributed by atoms with van der Waals surface area (Å²) >= 11 is 1.04. The number of nitrogens with two attached hydrogens (primary N) is 1. The Morgan fingerprint density at radius 3 is 2.77 bits per heavy atom. The van der Waals surface area contributed by atoms with E-state index in [1.165, 1.54) is 10.5 Å². The molecule has 40 heavy (non-hydrogen) atoms. The van der Waals surface area contributed by atoms with Gasteiger partial charge in [-0.2, -0.15) is 11.2 Å². The van der Waals surface area contributed by atoms with Gasteiger partial charge in [0.05, 0.1) is 30.2 Å². The van der Waals surface area contributed by atoms with Crippen LogP contribution in [-0.2, 0) is 30.1 Å². The largest absolute Gasteiger partial charge is 0.444 e. The number of benzene rings is 1. The van der Waals surface area contributed by atoms with Crippen molar-refractivity contribution in [2.45, 2.75) is 93.6 Å². The standard InChI is InChI=1S/C27H36N6O6S/c1-27(2,3)37-26(36)30-21(24(34)32-10-4-5-17(32)13-28)15-31-14-18-12-23(31)25(35)33(18)22-9-6-16-11-19(40-39-38-29)7-8-20(16)22/h7-8,11,17-18,21-23H,4-6,9-10,12,14-15,29H2,1-3H3,(H,30,36)/t17-,18+,21-,22+,23+/m0/s1. The quantitative estimate of drug-likeness (QED) is 0.270. The number of aryl methyl sites for hydroxylation is 1. The van der Waals surface area contributed by atoms with Crippen molar-refractivity contribution in [2.24, 2.45) is 5.90 Å². The van der Waals surface area contributed by atoms with Crippen LogP contribution in [0.3, 0.4) is 0 Å². The zero-order valence-electron chi connectivity index (χ0n) is 23.0. The van der Waals surface area contributed by atoms with Gasteiger partial charge in [0.25, 0.3) is 0 Å². The molecule has 3 fully saturated rings. The number of likely N-dealkylation sites (tertiary alicyclic amines) is 3.